The second-order valence-electron chi connectivity index (χ2n) is 4.30. The number of aryl methyl sites for hydroxylation is 2. The highest BCUT2D eigenvalue weighted by Crippen LogP contribution is 2.30. The van der Waals surface area contributed by atoms with E-state index >= 15 is 0 Å². The van der Waals surface area contributed by atoms with Crippen LogP contribution in [0.15, 0.2) is 28.1 Å². The zero-order chi connectivity index (χ0) is 14.9. The summed E-state index contributed by atoms with van der Waals surface area (Å²) in [7, 11) is 0. The first-order chi connectivity index (χ1) is 9.38. The summed E-state index contributed by atoms with van der Waals surface area (Å²) < 4.78 is 0.876. The van der Waals surface area contributed by atoms with Gasteiger partial charge in [0.05, 0.1) is 13.6 Å². The number of halogens is 1. The normalized spacial score (nSPS) is 10.3. The smallest absolute Gasteiger partial charge is 0.292 e. The molecule has 0 bridgehead atoms. The van der Waals surface area contributed by atoms with Crippen LogP contribution in [0, 0.1) is 24.0 Å². The number of rotatable bonds is 3. The Labute approximate surface area is 127 Å². The average Bonchev–Trinajstić information content (AvgIpc) is 2.69. The van der Waals surface area contributed by atoms with E-state index in [4.69, 9.17) is 0 Å². The van der Waals surface area contributed by atoms with Crippen LogP contribution in [-0.4, -0.2) is 10.8 Å². The van der Waals surface area contributed by atoms with Crippen molar-refractivity contribution >= 4 is 44.5 Å². The number of carbonyl (C=O) groups excluding carboxylic acids is 1. The number of nitro groups is 1. The third-order valence-corrected chi connectivity index (χ3v) is 4.81. The molecule has 0 aliphatic carbocycles. The van der Waals surface area contributed by atoms with E-state index in [1.165, 1.54) is 17.4 Å². The number of hydrogen-bond donors (Lipinski definition) is 1. The van der Waals surface area contributed by atoms with E-state index in [9.17, 15) is 14.9 Å². The fourth-order valence-corrected chi connectivity index (χ4v) is 3.09. The number of thiophene rings is 1. The van der Waals surface area contributed by atoms with Crippen LogP contribution in [0.3, 0.4) is 0 Å². The van der Waals surface area contributed by atoms with Crippen LogP contribution in [0.5, 0.6) is 0 Å². The molecule has 1 heterocycles. The van der Waals surface area contributed by atoms with E-state index in [1.807, 2.05) is 13.8 Å². The van der Waals surface area contributed by atoms with Crippen molar-refractivity contribution in [2.45, 2.75) is 13.8 Å². The van der Waals surface area contributed by atoms with Crippen LogP contribution in [-0.2, 0) is 0 Å². The third kappa shape index (κ3) is 3.05. The predicted octanol–water partition coefficient (Wildman–Crippen LogP) is 4.29. The van der Waals surface area contributed by atoms with E-state index in [-0.39, 0.29) is 17.3 Å². The molecule has 0 spiro atoms. The second-order valence-corrected chi connectivity index (χ2v) is 6.67. The van der Waals surface area contributed by atoms with Crippen molar-refractivity contribution in [3.63, 3.8) is 0 Å². The number of nitro benzene ring substituents is 1. The van der Waals surface area contributed by atoms with Crippen molar-refractivity contribution in [3.8, 4) is 0 Å². The van der Waals surface area contributed by atoms with Crippen molar-refractivity contribution < 1.29 is 9.72 Å². The molecular formula is C13H11BrN2O3S. The van der Waals surface area contributed by atoms with Crippen LogP contribution in [0.25, 0.3) is 0 Å². The number of nitrogens with one attached hydrogen (secondary N) is 1. The van der Waals surface area contributed by atoms with E-state index in [1.54, 1.807) is 18.2 Å². The van der Waals surface area contributed by atoms with Crippen LogP contribution in [0.1, 0.15) is 20.8 Å². The van der Waals surface area contributed by atoms with Gasteiger partial charge in [-0.15, -0.1) is 11.3 Å². The Balaban J connectivity index is 2.32. The van der Waals surface area contributed by atoms with Gasteiger partial charge in [0, 0.05) is 6.07 Å². The quantitative estimate of drug-likeness (QED) is 0.660. The summed E-state index contributed by atoms with van der Waals surface area (Å²) in [4.78, 5) is 23.1. The highest BCUT2D eigenvalue weighted by atomic mass is 79.9. The molecule has 0 unspecified atom stereocenters. The van der Waals surface area contributed by atoms with Gasteiger partial charge in [-0.25, -0.2) is 0 Å². The SMILES string of the molecule is Cc1ccc([N+](=O)[O-])c(NC(=O)c2cc(C)c(Br)s2)c1. The summed E-state index contributed by atoms with van der Waals surface area (Å²) in [6.07, 6.45) is 0. The summed E-state index contributed by atoms with van der Waals surface area (Å²) >= 11 is 4.64. The molecule has 1 amide bonds. The van der Waals surface area contributed by atoms with Gasteiger partial charge in [-0.05, 0) is 53.0 Å². The van der Waals surface area contributed by atoms with Crippen molar-refractivity contribution in [3.05, 3.63) is 54.2 Å². The van der Waals surface area contributed by atoms with E-state index in [0.717, 1.165) is 14.9 Å². The molecule has 0 saturated carbocycles. The molecule has 0 radical (unpaired) electrons. The minimum Gasteiger partial charge on any atom is -0.316 e. The van der Waals surface area contributed by atoms with Gasteiger partial charge in [-0.3, -0.25) is 14.9 Å². The van der Waals surface area contributed by atoms with Gasteiger partial charge in [0.1, 0.15) is 5.69 Å². The number of benzene rings is 1. The van der Waals surface area contributed by atoms with Crippen LogP contribution in [0.2, 0.25) is 0 Å². The molecule has 2 rings (SSSR count). The number of amides is 1. The summed E-state index contributed by atoms with van der Waals surface area (Å²) in [5, 5.41) is 13.6. The lowest BCUT2D eigenvalue weighted by molar-refractivity contribution is -0.383. The van der Waals surface area contributed by atoms with Crippen molar-refractivity contribution in [1.29, 1.82) is 0 Å². The standard InChI is InChI=1S/C13H11BrN2O3S/c1-7-3-4-10(16(18)19)9(5-7)15-13(17)11-6-8(2)12(14)20-11/h3-6H,1-2H3,(H,15,17). The van der Waals surface area contributed by atoms with Crippen LogP contribution in [0.4, 0.5) is 11.4 Å². The Bertz CT molecular complexity index is 677. The summed E-state index contributed by atoms with van der Waals surface area (Å²) in [6.45, 7) is 3.69. The fraction of sp³-hybridized carbons (Fsp3) is 0.154. The van der Waals surface area contributed by atoms with Gasteiger partial charge in [0.2, 0.25) is 0 Å². The van der Waals surface area contributed by atoms with Crippen molar-refractivity contribution in [2.75, 3.05) is 5.32 Å². The zero-order valence-electron chi connectivity index (χ0n) is 10.8. The molecule has 2 aromatic rings. The molecule has 0 saturated heterocycles. The third-order valence-electron chi connectivity index (χ3n) is 2.68. The maximum absolute atomic E-state index is 12.1. The minimum absolute atomic E-state index is 0.115. The molecule has 1 aromatic heterocycles. The monoisotopic (exact) mass is 354 g/mol. The minimum atomic E-state index is -0.509. The van der Waals surface area contributed by atoms with E-state index < -0.39 is 4.92 Å². The summed E-state index contributed by atoms with van der Waals surface area (Å²) in [5.74, 6) is -0.350. The summed E-state index contributed by atoms with van der Waals surface area (Å²) in [6, 6.07) is 6.36. The maximum atomic E-state index is 12.1. The first-order valence-corrected chi connectivity index (χ1v) is 7.31. The molecule has 1 N–H and O–H groups in total. The average molecular weight is 355 g/mol. The van der Waals surface area contributed by atoms with E-state index in [0.29, 0.717) is 4.88 Å². The number of carbonyl (C=O) groups is 1. The summed E-state index contributed by atoms with van der Waals surface area (Å²) in [5.41, 5.74) is 1.90. The molecule has 0 aliphatic rings. The zero-order valence-corrected chi connectivity index (χ0v) is 13.2. The topological polar surface area (TPSA) is 72.2 Å². The Morgan fingerprint density at radius 1 is 1.35 bits per heavy atom. The molecule has 0 atom stereocenters. The van der Waals surface area contributed by atoms with Crippen molar-refractivity contribution in [2.24, 2.45) is 0 Å². The molecule has 5 nitrogen and oxygen atoms in total. The van der Waals surface area contributed by atoms with Gasteiger partial charge in [-0.2, -0.15) is 0 Å². The molecule has 7 heteroatoms. The predicted molar refractivity (Wildman–Crippen MR) is 82.5 cm³/mol. The Morgan fingerprint density at radius 3 is 2.60 bits per heavy atom. The van der Waals surface area contributed by atoms with Crippen LogP contribution >= 0.6 is 27.3 Å². The molecule has 1 aromatic carbocycles. The Morgan fingerprint density at radius 2 is 2.05 bits per heavy atom. The highest BCUT2D eigenvalue weighted by molar-refractivity contribution is 9.11. The van der Waals surface area contributed by atoms with Gasteiger partial charge in [-0.1, -0.05) is 6.07 Å². The van der Waals surface area contributed by atoms with Gasteiger partial charge in [0.15, 0.2) is 0 Å². The number of anilines is 1. The first kappa shape index (κ1) is 14.7. The Kier molecular flexibility index (Phi) is 4.20. The van der Waals surface area contributed by atoms with Gasteiger partial charge >= 0.3 is 0 Å². The number of nitrogens with zero attached hydrogens (tertiary/aromatic N) is 1. The lowest BCUT2D eigenvalue weighted by Gasteiger charge is -2.05. The van der Waals surface area contributed by atoms with Gasteiger partial charge < -0.3 is 5.32 Å². The maximum Gasteiger partial charge on any atom is 0.292 e. The second kappa shape index (κ2) is 5.72. The molecule has 104 valence electrons. The lowest BCUT2D eigenvalue weighted by atomic mass is 10.2. The highest BCUT2D eigenvalue weighted by Gasteiger charge is 2.18. The molecule has 0 aliphatic heterocycles. The largest absolute Gasteiger partial charge is 0.316 e. The van der Waals surface area contributed by atoms with Crippen molar-refractivity contribution in [1.82, 2.24) is 0 Å². The number of hydrogen-bond acceptors (Lipinski definition) is 4. The van der Waals surface area contributed by atoms with E-state index in [2.05, 4.69) is 21.2 Å². The lowest BCUT2D eigenvalue weighted by Crippen LogP contribution is -2.11. The molecule has 0 fully saturated rings. The fourth-order valence-electron chi connectivity index (χ4n) is 1.66. The van der Waals surface area contributed by atoms with Gasteiger partial charge in [0.25, 0.3) is 11.6 Å². The first-order valence-electron chi connectivity index (χ1n) is 5.71. The van der Waals surface area contributed by atoms with Crippen LogP contribution < -0.4 is 5.32 Å². The molecular weight excluding hydrogens is 344 g/mol. The Hall–Kier alpha value is -1.73. The molecule has 20 heavy (non-hydrogen) atoms.